The lowest BCUT2D eigenvalue weighted by molar-refractivity contribution is -0.147. The van der Waals surface area contributed by atoms with Crippen molar-refractivity contribution in [3.8, 4) is 0 Å². The molecule has 2 heterocycles. The van der Waals surface area contributed by atoms with Crippen LogP contribution in [-0.4, -0.2) is 55.3 Å². The Kier molecular flexibility index (Phi) is 6.90. The SMILES string of the molecule is CC(CCC(=O)OC(C)C)NC(=O)N1CCC2(CCOCC2)CC1. The second kappa shape index (κ2) is 8.70. The van der Waals surface area contributed by atoms with Crippen molar-refractivity contribution in [3.05, 3.63) is 0 Å². The molecule has 2 amide bonds. The van der Waals surface area contributed by atoms with Gasteiger partial charge in [-0.25, -0.2) is 4.79 Å². The van der Waals surface area contributed by atoms with Gasteiger partial charge >= 0.3 is 12.0 Å². The molecule has 0 aromatic rings. The van der Waals surface area contributed by atoms with E-state index in [0.717, 1.165) is 52.0 Å². The van der Waals surface area contributed by atoms with Crippen molar-refractivity contribution in [2.24, 2.45) is 5.41 Å². The minimum atomic E-state index is -0.203. The molecule has 6 nitrogen and oxygen atoms in total. The molecule has 0 saturated carbocycles. The van der Waals surface area contributed by atoms with Gasteiger partial charge in [0.2, 0.25) is 0 Å². The topological polar surface area (TPSA) is 67.9 Å². The minimum Gasteiger partial charge on any atom is -0.463 e. The molecule has 1 unspecified atom stereocenters. The molecular formula is C18H32N2O4. The number of urea groups is 1. The number of rotatable bonds is 5. The molecule has 2 aliphatic heterocycles. The van der Waals surface area contributed by atoms with Gasteiger partial charge in [0.15, 0.2) is 0 Å². The second-order valence-electron chi connectivity index (χ2n) is 7.53. The quantitative estimate of drug-likeness (QED) is 0.782. The molecule has 2 aliphatic rings. The van der Waals surface area contributed by atoms with Gasteiger partial charge in [-0.1, -0.05) is 0 Å². The van der Waals surface area contributed by atoms with Gasteiger partial charge in [0.1, 0.15) is 0 Å². The van der Waals surface area contributed by atoms with Gasteiger partial charge in [-0.3, -0.25) is 4.79 Å². The molecule has 2 saturated heterocycles. The van der Waals surface area contributed by atoms with E-state index in [2.05, 4.69) is 5.32 Å². The third-order valence-electron chi connectivity index (χ3n) is 5.18. The zero-order chi connectivity index (χ0) is 17.6. The maximum absolute atomic E-state index is 12.4. The summed E-state index contributed by atoms with van der Waals surface area (Å²) in [5.41, 5.74) is 0.390. The van der Waals surface area contributed by atoms with Crippen LogP contribution in [0.2, 0.25) is 0 Å². The third kappa shape index (κ3) is 5.65. The lowest BCUT2D eigenvalue weighted by Crippen LogP contribution is -2.50. The Morgan fingerprint density at radius 1 is 1.12 bits per heavy atom. The van der Waals surface area contributed by atoms with Crippen LogP contribution < -0.4 is 5.32 Å². The highest BCUT2D eigenvalue weighted by Crippen LogP contribution is 2.40. The van der Waals surface area contributed by atoms with Crippen LogP contribution in [0.25, 0.3) is 0 Å². The van der Waals surface area contributed by atoms with Crippen LogP contribution in [0.3, 0.4) is 0 Å². The molecule has 1 atom stereocenters. The largest absolute Gasteiger partial charge is 0.463 e. The van der Waals surface area contributed by atoms with E-state index in [4.69, 9.17) is 9.47 Å². The summed E-state index contributed by atoms with van der Waals surface area (Å²) >= 11 is 0. The first kappa shape index (κ1) is 19.0. The normalized spacial score (nSPS) is 21.6. The summed E-state index contributed by atoms with van der Waals surface area (Å²) in [6.45, 7) is 8.95. The van der Waals surface area contributed by atoms with Gasteiger partial charge < -0.3 is 19.7 Å². The van der Waals surface area contributed by atoms with Gasteiger partial charge in [0.05, 0.1) is 6.10 Å². The zero-order valence-electron chi connectivity index (χ0n) is 15.3. The number of likely N-dealkylation sites (tertiary alicyclic amines) is 1. The fourth-order valence-corrected chi connectivity index (χ4v) is 3.52. The Labute approximate surface area is 145 Å². The van der Waals surface area contributed by atoms with E-state index in [-0.39, 0.29) is 24.1 Å². The van der Waals surface area contributed by atoms with Crippen LogP contribution in [0.4, 0.5) is 4.79 Å². The fourth-order valence-electron chi connectivity index (χ4n) is 3.52. The molecule has 0 radical (unpaired) electrons. The van der Waals surface area contributed by atoms with Crippen LogP contribution >= 0.6 is 0 Å². The van der Waals surface area contributed by atoms with Gasteiger partial charge in [-0.2, -0.15) is 0 Å². The lowest BCUT2D eigenvalue weighted by atomic mass is 9.72. The first-order chi connectivity index (χ1) is 11.4. The fraction of sp³-hybridized carbons (Fsp3) is 0.889. The van der Waals surface area contributed by atoms with Crippen molar-refractivity contribution in [2.75, 3.05) is 26.3 Å². The molecule has 0 aliphatic carbocycles. The maximum Gasteiger partial charge on any atom is 0.317 e. The zero-order valence-corrected chi connectivity index (χ0v) is 15.3. The van der Waals surface area contributed by atoms with Crippen molar-refractivity contribution < 1.29 is 19.1 Å². The average Bonchev–Trinajstić information content (AvgIpc) is 2.54. The van der Waals surface area contributed by atoms with Crippen molar-refractivity contribution in [1.29, 1.82) is 0 Å². The first-order valence-electron chi connectivity index (χ1n) is 9.23. The number of amides is 2. The lowest BCUT2D eigenvalue weighted by Gasteiger charge is -2.44. The van der Waals surface area contributed by atoms with Crippen molar-refractivity contribution in [3.63, 3.8) is 0 Å². The van der Waals surface area contributed by atoms with Gasteiger partial charge in [0, 0.05) is 38.8 Å². The number of hydrogen-bond acceptors (Lipinski definition) is 4. The van der Waals surface area contributed by atoms with E-state index in [1.54, 1.807) is 0 Å². The van der Waals surface area contributed by atoms with Crippen LogP contribution in [-0.2, 0) is 14.3 Å². The Bertz CT molecular complexity index is 423. The van der Waals surface area contributed by atoms with E-state index in [1.165, 1.54) is 0 Å². The Balaban J connectivity index is 1.68. The standard InChI is InChI=1S/C18H32N2O4/c1-14(2)24-16(21)5-4-15(3)19-17(22)20-10-6-18(7-11-20)8-12-23-13-9-18/h14-15H,4-13H2,1-3H3,(H,19,22). The number of esters is 1. The highest BCUT2D eigenvalue weighted by molar-refractivity contribution is 5.75. The summed E-state index contributed by atoms with van der Waals surface area (Å²) < 4.78 is 10.6. The molecule has 24 heavy (non-hydrogen) atoms. The monoisotopic (exact) mass is 340 g/mol. The maximum atomic E-state index is 12.4. The summed E-state index contributed by atoms with van der Waals surface area (Å²) in [6.07, 6.45) is 5.23. The molecule has 6 heteroatoms. The van der Waals surface area contributed by atoms with E-state index in [9.17, 15) is 9.59 Å². The predicted molar refractivity (Wildman–Crippen MR) is 91.7 cm³/mol. The van der Waals surface area contributed by atoms with Gasteiger partial charge in [-0.15, -0.1) is 0 Å². The molecule has 0 aromatic carbocycles. The summed E-state index contributed by atoms with van der Waals surface area (Å²) in [7, 11) is 0. The third-order valence-corrected chi connectivity index (χ3v) is 5.18. The highest BCUT2D eigenvalue weighted by Gasteiger charge is 2.37. The minimum absolute atomic E-state index is 0.0124. The second-order valence-corrected chi connectivity index (χ2v) is 7.53. The summed E-state index contributed by atoms with van der Waals surface area (Å²) in [5, 5.41) is 3.00. The predicted octanol–water partition coefficient (Wildman–Crippen LogP) is 2.71. The molecular weight excluding hydrogens is 308 g/mol. The molecule has 0 aromatic heterocycles. The van der Waals surface area contributed by atoms with Crippen molar-refractivity contribution in [1.82, 2.24) is 10.2 Å². The Hall–Kier alpha value is -1.30. The molecule has 138 valence electrons. The van der Waals surface area contributed by atoms with E-state index in [1.807, 2.05) is 25.7 Å². The van der Waals surface area contributed by atoms with E-state index in [0.29, 0.717) is 18.3 Å². The first-order valence-corrected chi connectivity index (χ1v) is 9.23. The summed E-state index contributed by atoms with van der Waals surface area (Å²) in [5.74, 6) is -0.203. The highest BCUT2D eigenvalue weighted by atomic mass is 16.5. The average molecular weight is 340 g/mol. The molecule has 1 N–H and O–H groups in total. The van der Waals surface area contributed by atoms with Gasteiger partial charge in [-0.05, 0) is 58.3 Å². The number of carbonyl (C=O) groups is 2. The summed E-state index contributed by atoms with van der Waals surface area (Å²) in [4.78, 5) is 25.8. The van der Waals surface area contributed by atoms with E-state index >= 15 is 0 Å². The van der Waals surface area contributed by atoms with Crippen LogP contribution in [0.15, 0.2) is 0 Å². The molecule has 0 bridgehead atoms. The number of ether oxygens (including phenoxy) is 2. The number of carbonyl (C=O) groups excluding carboxylic acids is 2. The molecule has 2 fully saturated rings. The number of hydrogen-bond donors (Lipinski definition) is 1. The Morgan fingerprint density at radius 3 is 2.33 bits per heavy atom. The van der Waals surface area contributed by atoms with Crippen LogP contribution in [0.1, 0.15) is 59.3 Å². The van der Waals surface area contributed by atoms with E-state index < -0.39 is 0 Å². The van der Waals surface area contributed by atoms with Crippen molar-refractivity contribution in [2.45, 2.75) is 71.4 Å². The van der Waals surface area contributed by atoms with Crippen LogP contribution in [0, 0.1) is 5.41 Å². The number of piperidine rings is 1. The van der Waals surface area contributed by atoms with Gasteiger partial charge in [0.25, 0.3) is 0 Å². The smallest absolute Gasteiger partial charge is 0.317 e. The molecule has 2 rings (SSSR count). The van der Waals surface area contributed by atoms with Crippen LogP contribution in [0.5, 0.6) is 0 Å². The molecule has 1 spiro atoms. The number of nitrogens with zero attached hydrogens (tertiary/aromatic N) is 1. The Morgan fingerprint density at radius 2 is 1.75 bits per heavy atom. The van der Waals surface area contributed by atoms with Crippen molar-refractivity contribution >= 4 is 12.0 Å². The number of nitrogens with one attached hydrogen (secondary N) is 1. The summed E-state index contributed by atoms with van der Waals surface area (Å²) in [6, 6.07) is -0.0437.